The normalized spacial score (nSPS) is 16.9. The van der Waals surface area contributed by atoms with Crippen LogP contribution in [0.25, 0.3) is 0 Å². The molecule has 22 heavy (non-hydrogen) atoms. The molecule has 0 radical (unpaired) electrons. The summed E-state index contributed by atoms with van der Waals surface area (Å²) in [5, 5.41) is 4.48. The van der Waals surface area contributed by atoms with Crippen LogP contribution in [-0.4, -0.2) is 71.9 Å². The zero-order valence-electron chi connectivity index (χ0n) is 13.8. The summed E-state index contributed by atoms with van der Waals surface area (Å²) in [6, 6.07) is 0. The minimum atomic E-state index is -0.373. The quantitative estimate of drug-likeness (QED) is 0.769. The lowest BCUT2D eigenvalue weighted by Crippen LogP contribution is -2.45. The maximum absolute atomic E-state index is 12.0. The molecule has 1 saturated heterocycles. The van der Waals surface area contributed by atoms with E-state index in [1.165, 1.54) is 0 Å². The molecule has 0 aliphatic carbocycles. The first-order chi connectivity index (χ1) is 10.6. The van der Waals surface area contributed by atoms with Crippen LogP contribution in [0.4, 0.5) is 5.82 Å². The summed E-state index contributed by atoms with van der Waals surface area (Å²) in [6.45, 7) is 9.98. The Kier molecular flexibility index (Phi) is 5.79. The van der Waals surface area contributed by atoms with Gasteiger partial charge in [0.2, 0.25) is 0 Å². The topological polar surface area (TPSA) is 76.6 Å². The highest BCUT2D eigenvalue weighted by atomic mass is 16.5. The number of anilines is 1. The van der Waals surface area contributed by atoms with E-state index in [1.54, 1.807) is 11.6 Å². The van der Waals surface area contributed by atoms with E-state index in [4.69, 9.17) is 10.5 Å². The van der Waals surface area contributed by atoms with Crippen LogP contribution < -0.4 is 5.73 Å². The highest BCUT2D eigenvalue weighted by Crippen LogP contribution is 2.19. The molecule has 0 unspecified atom stereocenters. The Morgan fingerprint density at radius 3 is 2.50 bits per heavy atom. The van der Waals surface area contributed by atoms with Gasteiger partial charge in [-0.3, -0.25) is 4.90 Å². The van der Waals surface area contributed by atoms with E-state index in [1.807, 2.05) is 6.92 Å². The van der Waals surface area contributed by atoms with Gasteiger partial charge in [0.05, 0.1) is 18.8 Å². The number of carbonyl (C=O) groups excluding carboxylic acids is 1. The Morgan fingerprint density at radius 2 is 1.91 bits per heavy atom. The lowest BCUT2D eigenvalue weighted by atomic mass is 10.2. The number of carbonyl (C=O) groups is 1. The predicted molar refractivity (Wildman–Crippen MR) is 85.9 cm³/mol. The van der Waals surface area contributed by atoms with Crippen molar-refractivity contribution in [3.05, 3.63) is 11.3 Å². The Balaban J connectivity index is 2.03. The first-order valence-electron chi connectivity index (χ1n) is 8.00. The Labute approximate surface area is 132 Å². The molecule has 2 heterocycles. The maximum atomic E-state index is 12.0. The number of nitrogen functional groups attached to an aromatic ring is 1. The minimum Gasteiger partial charge on any atom is -0.462 e. The third-order valence-electron chi connectivity index (χ3n) is 4.10. The van der Waals surface area contributed by atoms with E-state index in [0.717, 1.165) is 32.7 Å². The molecule has 0 aromatic carbocycles. The monoisotopic (exact) mass is 309 g/mol. The van der Waals surface area contributed by atoms with Crippen molar-refractivity contribution in [1.82, 2.24) is 19.6 Å². The van der Waals surface area contributed by atoms with Crippen molar-refractivity contribution in [2.75, 3.05) is 52.1 Å². The molecule has 1 aliphatic rings. The van der Waals surface area contributed by atoms with Gasteiger partial charge in [0.25, 0.3) is 0 Å². The number of piperazine rings is 1. The van der Waals surface area contributed by atoms with Gasteiger partial charge in [0.15, 0.2) is 0 Å². The number of rotatable bonds is 6. The van der Waals surface area contributed by atoms with Gasteiger partial charge in [-0.1, -0.05) is 6.92 Å². The fourth-order valence-corrected chi connectivity index (χ4v) is 2.68. The van der Waals surface area contributed by atoms with Crippen molar-refractivity contribution in [2.24, 2.45) is 0 Å². The van der Waals surface area contributed by atoms with Crippen molar-refractivity contribution in [1.29, 1.82) is 0 Å². The Morgan fingerprint density at radius 1 is 1.23 bits per heavy atom. The van der Waals surface area contributed by atoms with Crippen LogP contribution >= 0.6 is 0 Å². The molecule has 2 rings (SSSR count). The molecule has 1 aromatic heterocycles. The number of esters is 1. The molecule has 124 valence electrons. The van der Waals surface area contributed by atoms with Gasteiger partial charge in [-0.2, -0.15) is 5.10 Å². The van der Waals surface area contributed by atoms with Gasteiger partial charge in [-0.25, -0.2) is 9.48 Å². The molecule has 7 heteroatoms. The largest absolute Gasteiger partial charge is 0.462 e. The molecule has 1 aliphatic heterocycles. The standard InChI is InChI=1S/C15H27N5O2/c1-4-12-13(15(21)22-5-2)14(16)20(17-12)11-10-19-8-6-18(3)7-9-19/h4-11,16H2,1-3H3. The van der Waals surface area contributed by atoms with E-state index in [2.05, 4.69) is 21.9 Å². The molecule has 7 nitrogen and oxygen atoms in total. The highest BCUT2D eigenvalue weighted by molar-refractivity contribution is 5.95. The second kappa shape index (κ2) is 7.60. The average Bonchev–Trinajstić information content (AvgIpc) is 2.83. The Bertz CT molecular complexity index is 506. The van der Waals surface area contributed by atoms with Crippen molar-refractivity contribution in [2.45, 2.75) is 26.8 Å². The number of hydrogen-bond donors (Lipinski definition) is 1. The molecule has 2 N–H and O–H groups in total. The van der Waals surface area contributed by atoms with E-state index in [-0.39, 0.29) is 5.97 Å². The molecule has 0 saturated carbocycles. The summed E-state index contributed by atoms with van der Waals surface area (Å²) in [5.74, 6) is 0.0483. The van der Waals surface area contributed by atoms with Gasteiger partial charge < -0.3 is 15.4 Å². The number of ether oxygens (including phenoxy) is 1. The minimum absolute atomic E-state index is 0.341. The zero-order valence-corrected chi connectivity index (χ0v) is 13.8. The van der Waals surface area contributed by atoms with Crippen LogP contribution in [0.2, 0.25) is 0 Å². The molecule has 0 spiro atoms. The second-order valence-corrected chi connectivity index (χ2v) is 5.65. The zero-order chi connectivity index (χ0) is 16.1. The van der Waals surface area contributed by atoms with Gasteiger partial charge in [0.1, 0.15) is 11.4 Å². The lowest BCUT2D eigenvalue weighted by molar-refractivity contribution is 0.0526. The summed E-state index contributed by atoms with van der Waals surface area (Å²) >= 11 is 0. The number of aromatic nitrogens is 2. The fourth-order valence-electron chi connectivity index (χ4n) is 2.68. The fraction of sp³-hybridized carbons (Fsp3) is 0.733. The van der Waals surface area contributed by atoms with Crippen LogP contribution in [-0.2, 0) is 17.7 Å². The molecule has 1 aromatic rings. The van der Waals surface area contributed by atoms with Crippen LogP contribution in [0.5, 0.6) is 0 Å². The summed E-state index contributed by atoms with van der Waals surface area (Å²) in [7, 11) is 2.14. The van der Waals surface area contributed by atoms with Crippen molar-refractivity contribution in [3.8, 4) is 0 Å². The van der Waals surface area contributed by atoms with E-state index < -0.39 is 0 Å². The van der Waals surface area contributed by atoms with E-state index in [0.29, 0.717) is 36.6 Å². The Hall–Kier alpha value is -1.60. The molecule has 0 amide bonds. The number of nitrogens with two attached hydrogens (primary N) is 1. The van der Waals surface area contributed by atoms with Crippen LogP contribution in [0, 0.1) is 0 Å². The molecule has 1 fully saturated rings. The first kappa shape index (κ1) is 16.8. The van der Waals surface area contributed by atoms with Gasteiger partial charge in [-0.15, -0.1) is 0 Å². The van der Waals surface area contributed by atoms with Crippen LogP contribution in [0.15, 0.2) is 0 Å². The van der Waals surface area contributed by atoms with Crippen LogP contribution in [0.1, 0.15) is 29.9 Å². The summed E-state index contributed by atoms with van der Waals surface area (Å²) < 4.78 is 6.82. The van der Waals surface area contributed by atoms with E-state index in [9.17, 15) is 4.79 Å². The summed E-state index contributed by atoms with van der Waals surface area (Å²) in [5.41, 5.74) is 7.27. The molecular weight excluding hydrogens is 282 g/mol. The number of hydrogen-bond acceptors (Lipinski definition) is 6. The van der Waals surface area contributed by atoms with Crippen LogP contribution in [0.3, 0.4) is 0 Å². The average molecular weight is 309 g/mol. The van der Waals surface area contributed by atoms with Crippen molar-refractivity contribution < 1.29 is 9.53 Å². The molecular formula is C15H27N5O2. The van der Waals surface area contributed by atoms with Gasteiger partial charge in [-0.05, 0) is 20.4 Å². The first-order valence-corrected chi connectivity index (χ1v) is 8.00. The van der Waals surface area contributed by atoms with Gasteiger partial charge in [0, 0.05) is 32.7 Å². The van der Waals surface area contributed by atoms with Crippen molar-refractivity contribution >= 4 is 11.8 Å². The van der Waals surface area contributed by atoms with Gasteiger partial charge >= 0.3 is 5.97 Å². The number of nitrogens with zero attached hydrogens (tertiary/aromatic N) is 4. The smallest absolute Gasteiger partial charge is 0.343 e. The molecule has 0 bridgehead atoms. The number of likely N-dealkylation sites (N-methyl/N-ethyl adjacent to an activating group) is 1. The highest BCUT2D eigenvalue weighted by Gasteiger charge is 2.22. The predicted octanol–water partition coefficient (Wildman–Crippen LogP) is 0.452. The number of aryl methyl sites for hydroxylation is 1. The van der Waals surface area contributed by atoms with Crippen molar-refractivity contribution in [3.63, 3.8) is 0 Å². The second-order valence-electron chi connectivity index (χ2n) is 5.65. The SMILES string of the molecule is CCOC(=O)c1c(CC)nn(CCN2CCN(C)CC2)c1N. The summed E-state index contributed by atoms with van der Waals surface area (Å²) in [4.78, 5) is 16.8. The third-order valence-corrected chi connectivity index (χ3v) is 4.10. The lowest BCUT2D eigenvalue weighted by Gasteiger charge is -2.32. The van der Waals surface area contributed by atoms with E-state index >= 15 is 0 Å². The third kappa shape index (κ3) is 3.78. The molecule has 0 atom stereocenters. The maximum Gasteiger partial charge on any atom is 0.343 e. The summed E-state index contributed by atoms with van der Waals surface area (Å²) in [6.07, 6.45) is 0.667.